The fourth-order valence-electron chi connectivity index (χ4n) is 3.96. The van der Waals surface area contributed by atoms with Gasteiger partial charge in [0.15, 0.2) is 5.96 Å². The van der Waals surface area contributed by atoms with Crippen LogP contribution in [0, 0.1) is 5.82 Å². The Hall–Kier alpha value is -1.18. The van der Waals surface area contributed by atoms with E-state index in [1.807, 2.05) is 0 Å². The molecule has 31 heavy (non-hydrogen) atoms. The van der Waals surface area contributed by atoms with Gasteiger partial charge in [-0.15, -0.1) is 24.0 Å². The summed E-state index contributed by atoms with van der Waals surface area (Å²) in [6.07, 6.45) is -3.56. The number of aliphatic imine (C=N–C) groups is 1. The van der Waals surface area contributed by atoms with Crippen molar-refractivity contribution in [3.63, 3.8) is 0 Å². The highest BCUT2D eigenvalue weighted by atomic mass is 127. The maximum absolute atomic E-state index is 13.4. The first-order valence-electron chi connectivity index (χ1n) is 10.2. The number of hydrogen-bond donors (Lipinski definition) is 2. The molecule has 1 aromatic carbocycles. The number of nitrogens with zero attached hydrogens (tertiary/aromatic N) is 3. The van der Waals surface area contributed by atoms with Gasteiger partial charge in [0.1, 0.15) is 5.82 Å². The molecule has 0 aliphatic carbocycles. The minimum atomic E-state index is -4.19. The molecule has 1 aromatic rings. The third-order valence-electron chi connectivity index (χ3n) is 5.44. The van der Waals surface area contributed by atoms with Gasteiger partial charge in [-0.25, -0.2) is 4.39 Å². The Bertz CT molecular complexity index is 698. The zero-order chi connectivity index (χ0) is 21.6. The van der Waals surface area contributed by atoms with Gasteiger partial charge in [0.2, 0.25) is 0 Å². The number of ether oxygens (including phenoxy) is 1. The molecule has 0 radical (unpaired) electrons. The zero-order valence-electron chi connectivity index (χ0n) is 17.5. The first-order valence-corrected chi connectivity index (χ1v) is 10.2. The zero-order valence-corrected chi connectivity index (χ0v) is 19.8. The lowest BCUT2D eigenvalue weighted by molar-refractivity contribution is -0.143. The molecule has 6 nitrogen and oxygen atoms in total. The number of halogens is 5. The Morgan fingerprint density at radius 3 is 2.48 bits per heavy atom. The molecule has 0 saturated carbocycles. The van der Waals surface area contributed by atoms with Crippen molar-refractivity contribution in [2.45, 2.75) is 24.7 Å². The van der Waals surface area contributed by atoms with Crippen LogP contribution < -0.4 is 10.6 Å². The Morgan fingerprint density at radius 1 is 1.19 bits per heavy atom. The van der Waals surface area contributed by atoms with Gasteiger partial charge in [-0.1, -0.05) is 12.1 Å². The lowest BCUT2D eigenvalue weighted by atomic mass is 10.0. The lowest BCUT2D eigenvalue weighted by Crippen LogP contribution is -2.49. The molecule has 176 valence electrons. The largest absolute Gasteiger partial charge is 0.401 e. The van der Waals surface area contributed by atoms with Crippen molar-refractivity contribution in [3.8, 4) is 0 Å². The molecule has 0 amide bonds. The molecule has 2 aliphatic rings. The van der Waals surface area contributed by atoms with Gasteiger partial charge in [0.25, 0.3) is 0 Å². The Balaban J connectivity index is 0.00000341. The summed E-state index contributed by atoms with van der Waals surface area (Å²) in [5.74, 6) is 0.267. The quantitative estimate of drug-likeness (QED) is 0.243. The monoisotopic (exact) mass is 559 g/mol. The highest BCUT2D eigenvalue weighted by Gasteiger charge is 2.34. The van der Waals surface area contributed by atoms with Crippen molar-refractivity contribution in [3.05, 3.63) is 35.6 Å². The van der Waals surface area contributed by atoms with Gasteiger partial charge < -0.3 is 15.4 Å². The minimum absolute atomic E-state index is 0. The molecule has 0 spiro atoms. The van der Waals surface area contributed by atoms with E-state index in [1.165, 1.54) is 17.0 Å². The highest BCUT2D eigenvalue weighted by Crippen LogP contribution is 2.22. The Labute approximate surface area is 197 Å². The van der Waals surface area contributed by atoms with Crippen LogP contribution in [0.5, 0.6) is 0 Å². The van der Waals surface area contributed by atoms with Crippen molar-refractivity contribution in [1.29, 1.82) is 0 Å². The van der Waals surface area contributed by atoms with E-state index in [2.05, 4.69) is 20.5 Å². The predicted octanol–water partition coefficient (Wildman–Crippen LogP) is 2.62. The van der Waals surface area contributed by atoms with E-state index in [0.717, 1.165) is 18.7 Å². The van der Waals surface area contributed by atoms with Crippen LogP contribution in [0.15, 0.2) is 29.3 Å². The molecule has 2 aliphatic heterocycles. The van der Waals surface area contributed by atoms with Crippen molar-refractivity contribution < 1.29 is 22.3 Å². The summed E-state index contributed by atoms with van der Waals surface area (Å²) < 4.78 is 56.6. The van der Waals surface area contributed by atoms with Gasteiger partial charge >= 0.3 is 6.18 Å². The standard InChI is InChI=1S/C20H29F4N5O.HI/c1-25-19(27-17-6-7-28(13-17)14-20(22,23)24)26-12-18(29-8-10-30-11-9-29)15-2-4-16(21)5-3-15;/h2-5,17-18H,6-14H2,1H3,(H2,25,26,27);1H. The number of benzene rings is 1. The summed E-state index contributed by atoms with van der Waals surface area (Å²) in [6, 6.07) is 6.36. The average Bonchev–Trinajstić information content (AvgIpc) is 3.14. The lowest BCUT2D eigenvalue weighted by Gasteiger charge is -2.35. The number of likely N-dealkylation sites (tertiary alicyclic amines) is 1. The van der Waals surface area contributed by atoms with Crippen LogP contribution in [0.3, 0.4) is 0 Å². The summed E-state index contributed by atoms with van der Waals surface area (Å²) in [5.41, 5.74) is 0.985. The van der Waals surface area contributed by atoms with Gasteiger partial charge in [-0.05, 0) is 24.1 Å². The Morgan fingerprint density at radius 2 is 1.87 bits per heavy atom. The number of rotatable bonds is 6. The molecule has 2 atom stereocenters. The fraction of sp³-hybridized carbons (Fsp3) is 0.650. The van der Waals surface area contributed by atoms with E-state index in [9.17, 15) is 17.6 Å². The number of nitrogens with one attached hydrogen (secondary N) is 2. The molecule has 11 heteroatoms. The first-order chi connectivity index (χ1) is 14.3. The summed E-state index contributed by atoms with van der Waals surface area (Å²) in [5, 5.41) is 6.52. The highest BCUT2D eigenvalue weighted by molar-refractivity contribution is 14.0. The number of alkyl halides is 3. The maximum Gasteiger partial charge on any atom is 0.401 e. The third kappa shape index (κ3) is 8.35. The molecule has 2 fully saturated rings. The molecule has 3 rings (SSSR count). The van der Waals surface area contributed by atoms with Crippen LogP contribution in [0.4, 0.5) is 17.6 Å². The molecular weight excluding hydrogens is 529 g/mol. The van der Waals surface area contributed by atoms with Crippen molar-refractivity contribution >= 4 is 29.9 Å². The summed E-state index contributed by atoms with van der Waals surface area (Å²) in [6.45, 7) is 3.19. The number of morpholine rings is 1. The normalized spacial score (nSPS) is 22.1. The van der Waals surface area contributed by atoms with Crippen LogP contribution in [-0.2, 0) is 4.74 Å². The average molecular weight is 559 g/mol. The van der Waals surface area contributed by atoms with E-state index in [1.54, 1.807) is 19.2 Å². The van der Waals surface area contributed by atoms with E-state index >= 15 is 0 Å². The maximum atomic E-state index is 13.4. The SMILES string of the molecule is CN=C(NCC(c1ccc(F)cc1)N1CCOCC1)NC1CCN(CC(F)(F)F)C1.I. The smallest absolute Gasteiger partial charge is 0.379 e. The molecule has 2 unspecified atom stereocenters. The van der Waals surface area contributed by atoms with Crippen molar-refractivity contribution in [2.75, 3.05) is 59.5 Å². The third-order valence-corrected chi connectivity index (χ3v) is 5.44. The van der Waals surface area contributed by atoms with E-state index < -0.39 is 12.7 Å². The van der Waals surface area contributed by atoms with Crippen LogP contribution in [0.1, 0.15) is 18.0 Å². The molecule has 2 saturated heterocycles. The van der Waals surface area contributed by atoms with Crippen LogP contribution in [0.2, 0.25) is 0 Å². The Kier molecular flexibility index (Phi) is 10.2. The molecule has 2 heterocycles. The molecule has 2 N–H and O–H groups in total. The molecule has 0 bridgehead atoms. The van der Waals surface area contributed by atoms with Crippen molar-refractivity contribution in [2.24, 2.45) is 4.99 Å². The van der Waals surface area contributed by atoms with Gasteiger partial charge in [0.05, 0.1) is 25.8 Å². The summed E-state index contributed by atoms with van der Waals surface area (Å²) in [7, 11) is 1.64. The van der Waals surface area contributed by atoms with Crippen LogP contribution in [-0.4, -0.2) is 87.5 Å². The van der Waals surface area contributed by atoms with Gasteiger partial charge in [-0.3, -0.25) is 14.8 Å². The predicted molar refractivity (Wildman–Crippen MR) is 122 cm³/mol. The van der Waals surface area contributed by atoms with Crippen molar-refractivity contribution in [1.82, 2.24) is 20.4 Å². The van der Waals surface area contributed by atoms with Crippen LogP contribution in [0.25, 0.3) is 0 Å². The van der Waals surface area contributed by atoms with E-state index in [0.29, 0.717) is 45.2 Å². The van der Waals surface area contributed by atoms with Gasteiger partial charge in [0, 0.05) is 45.8 Å². The second-order valence-corrected chi connectivity index (χ2v) is 7.65. The molecule has 0 aromatic heterocycles. The molecular formula is C20H30F4IN5O. The van der Waals surface area contributed by atoms with Crippen LogP contribution >= 0.6 is 24.0 Å². The number of guanidine groups is 1. The topological polar surface area (TPSA) is 52.1 Å². The minimum Gasteiger partial charge on any atom is -0.379 e. The summed E-state index contributed by atoms with van der Waals surface area (Å²) in [4.78, 5) is 7.90. The fourth-order valence-corrected chi connectivity index (χ4v) is 3.96. The second-order valence-electron chi connectivity index (χ2n) is 7.65. The van der Waals surface area contributed by atoms with E-state index in [-0.39, 0.29) is 41.9 Å². The second kappa shape index (κ2) is 12.2. The first kappa shape index (κ1) is 26.1. The summed E-state index contributed by atoms with van der Waals surface area (Å²) >= 11 is 0. The van der Waals surface area contributed by atoms with Gasteiger partial charge in [-0.2, -0.15) is 13.2 Å². The van der Waals surface area contributed by atoms with E-state index in [4.69, 9.17) is 4.74 Å². The number of hydrogen-bond acceptors (Lipinski definition) is 4.